The van der Waals surface area contributed by atoms with Crippen LogP contribution in [0.3, 0.4) is 0 Å². The van der Waals surface area contributed by atoms with Gasteiger partial charge in [0.25, 0.3) is 5.69 Å². The number of benzene rings is 4. The van der Waals surface area contributed by atoms with E-state index in [0.29, 0.717) is 38.4 Å². The highest BCUT2D eigenvalue weighted by Crippen LogP contribution is 2.43. The maximum atomic E-state index is 13.7. The van der Waals surface area contributed by atoms with Crippen LogP contribution in [0.4, 0.5) is 5.69 Å². The van der Waals surface area contributed by atoms with Crippen LogP contribution in [-0.4, -0.2) is 24.9 Å². The second-order valence-corrected chi connectivity index (χ2v) is 7.47. The van der Waals surface area contributed by atoms with Gasteiger partial charge in [-0.2, -0.15) is 0 Å². The first-order valence-corrected chi connectivity index (χ1v) is 10.0. The quantitative estimate of drug-likeness (QED) is 0.196. The molecular formula is C25H18ClNO5. The second-order valence-electron chi connectivity index (χ2n) is 7.03. The number of nitrogens with zero attached hydrogens (tertiary/aromatic N) is 1. The number of carbonyl (C=O) groups is 1. The van der Waals surface area contributed by atoms with Crippen molar-refractivity contribution in [2.24, 2.45) is 0 Å². The SMILES string of the molecule is COc1cc2cc([N+](=O)[O-])c(-c3ccc(Cl)cc3)c(C(=O)c3ccccc3)c2cc1OC. The number of carbonyl (C=O) groups excluding carboxylic acids is 1. The van der Waals surface area contributed by atoms with Gasteiger partial charge in [-0.3, -0.25) is 14.9 Å². The monoisotopic (exact) mass is 447 g/mol. The first-order chi connectivity index (χ1) is 15.4. The maximum absolute atomic E-state index is 13.7. The Morgan fingerprint density at radius 2 is 1.53 bits per heavy atom. The van der Waals surface area contributed by atoms with Gasteiger partial charge in [-0.25, -0.2) is 0 Å². The lowest BCUT2D eigenvalue weighted by molar-refractivity contribution is -0.384. The van der Waals surface area contributed by atoms with Gasteiger partial charge in [0.05, 0.1) is 24.7 Å². The molecule has 6 nitrogen and oxygen atoms in total. The average Bonchev–Trinajstić information content (AvgIpc) is 2.82. The molecule has 0 aliphatic carbocycles. The Morgan fingerprint density at radius 3 is 2.12 bits per heavy atom. The Morgan fingerprint density at radius 1 is 0.906 bits per heavy atom. The molecule has 7 heteroatoms. The standard InChI is InChI=1S/C25H18ClNO5/c1-31-21-13-17-12-20(27(29)30)23(15-8-10-18(26)11-9-15)24(19(17)14-22(21)32-2)25(28)16-6-4-3-5-7-16/h3-14H,1-2H3. The summed E-state index contributed by atoms with van der Waals surface area (Å²) in [5.74, 6) is 0.487. The van der Waals surface area contributed by atoms with Gasteiger partial charge in [0.2, 0.25) is 0 Å². The van der Waals surface area contributed by atoms with Gasteiger partial charge in [-0.1, -0.05) is 54.1 Å². The molecule has 0 atom stereocenters. The van der Waals surface area contributed by atoms with E-state index in [0.717, 1.165) is 0 Å². The Labute approximate surface area is 189 Å². The van der Waals surface area contributed by atoms with E-state index in [1.807, 2.05) is 0 Å². The zero-order valence-electron chi connectivity index (χ0n) is 17.3. The Kier molecular flexibility index (Phi) is 5.79. The number of fused-ring (bicyclic) bond motifs is 1. The first kappa shape index (κ1) is 21.3. The van der Waals surface area contributed by atoms with Crippen LogP contribution in [0.1, 0.15) is 15.9 Å². The zero-order chi connectivity index (χ0) is 22.8. The van der Waals surface area contributed by atoms with Crippen molar-refractivity contribution in [1.29, 1.82) is 0 Å². The highest BCUT2D eigenvalue weighted by Gasteiger charge is 2.28. The molecule has 0 aromatic heterocycles. The summed E-state index contributed by atoms with van der Waals surface area (Å²) >= 11 is 6.04. The number of hydrogen-bond acceptors (Lipinski definition) is 5. The predicted molar refractivity (Wildman–Crippen MR) is 124 cm³/mol. The van der Waals surface area contributed by atoms with Crippen molar-refractivity contribution in [3.05, 3.63) is 99.1 Å². The molecule has 0 aliphatic heterocycles. The summed E-state index contributed by atoms with van der Waals surface area (Å²) < 4.78 is 10.8. The van der Waals surface area contributed by atoms with Crippen LogP contribution in [0.2, 0.25) is 5.02 Å². The molecule has 0 fully saturated rings. The first-order valence-electron chi connectivity index (χ1n) is 9.67. The summed E-state index contributed by atoms with van der Waals surface area (Å²) in [5, 5.41) is 13.6. The molecule has 0 bridgehead atoms. The number of ketones is 1. The number of ether oxygens (including phenoxy) is 2. The summed E-state index contributed by atoms with van der Waals surface area (Å²) in [7, 11) is 2.98. The molecule has 0 radical (unpaired) electrons. The summed E-state index contributed by atoms with van der Waals surface area (Å²) in [6, 6.07) is 20.0. The van der Waals surface area contributed by atoms with Gasteiger partial charge in [-0.05, 0) is 40.6 Å². The molecule has 0 spiro atoms. The van der Waals surface area contributed by atoms with E-state index in [1.165, 1.54) is 20.3 Å². The molecule has 0 heterocycles. The summed E-state index contributed by atoms with van der Waals surface area (Å²) in [6.07, 6.45) is 0. The van der Waals surface area contributed by atoms with Crippen molar-refractivity contribution in [1.82, 2.24) is 0 Å². The summed E-state index contributed by atoms with van der Waals surface area (Å²) in [5.41, 5.74) is 1.17. The lowest BCUT2D eigenvalue weighted by atomic mass is 9.88. The minimum Gasteiger partial charge on any atom is -0.493 e. The van der Waals surface area contributed by atoms with E-state index in [-0.39, 0.29) is 22.6 Å². The van der Waals surface area contributed by atoms with Crippen molar-refractivity contribution in [2.45, 2.75) is 0 Å². The summed E-state index contributed by atoms with van der Waals surface area (Å²) in [6.45, 7) is 0. The predicted octanol–water partition coefficient (Wildman–Crippen LogP) is 6.32. The van der Waals surface area contributed by atoms with Crippen LogP contribution in [-0.2, 0) is 0 Å². The van der Waals surface area contributed by atoms with Crippen molar-refractivity contribution < 1.29 is 19.2 Å². The van der Waals surface area contributed by atoms with Crippen molar-refractivity contribution in [3.63, 3.8) is 0 Å². The highest BCUT2D eigenvalue weighted by atomic mass is 35.5. The van der Waals surface area contributed by atoms with Crippen LogP contribution >= 0.6 is 11.6 Å². The van der Waals surface area contributed by atoms with Crippen LogP contribution in [0.25, 0.3) is 21.9 Å². The van der Waals surface area contributed by atoms with E-state index in [2.05, 4.69) is 0 Å². The molecule has 32 heavy (non-hydrogen) atoms. The Balaban J connectivity index is 2.17. The maximum Gasteiger partial charge on any atom is 0.278 e. The van der Waals surface area contributed by atoms with Gasteiger partial charge in [0.1, 0.15) is 0 Å². The topological polar surface area (TPSA) is 78.7 Å². The molecule has 0 aliphatic rings. The smallest absolute Gasteiger partial charge is 0.278 e. The van der Waals surface area contributed by atoms with Crippen LogP contribution < -0.4 is 9.47 Å². The minimum atomic E-state index is -0.484. The average molecular weight is 448 g/mol. The van der Waals surface area contributed by atoms with Gasteiger partial charge in [0, 0.05) is 22.2 Å². The van der Waals surface area contributed by atoms with Crippen LogP contribution in [0.5, 0.6) is 11.5 Å². The fourth-order valence-corrected chi connectivity index (χ4v) is 3.86. The fourth-order valence-electron chi connectivity index (χ4n) is 3.74. The lowest BCUT2D eigenvalue weighted by Gasteiger charge is -2.16. The second kappa shape index (κ2) is 8.69. The molecule has 0 amide bonds. The van der Waals surface area contributed by atoms with Gasteiger partial charge in [-0.15, -0.1) is 0 Å². The number of hydrogen-bond donors (Lipinski definition) is 0. The lowest BCUT2D eigenvalue weighted by Crippen LogP contribution is -2.07. The fraction of sp³-hybridized carbons (Fsp3) is 0.0800. The van der Waals surface area contributed by atoms with E-state index in [4.69, 9.17) is 21.1 Å². The summed E-state index contributed by atoms with van der Waals surface area (Å²) in [4.78, 5) is 25.4. The molecule has 160 valence electrons. The van der Waals surface area contributed by atoms with Gasteiger partial charge in [0.15, 0.2) is 17.3 Å². The van der Waals surface area contributed by atoms with E-state index < -0.39 is 4.92 Å². The van der Waals surface area contributed by atoms with Crippen molar-refractivity contribution >= 4 is 33.8 Å². The molecular weight excluding hydrogens is 430 g/mol. The van der Waals surface area contributed by atoms with E-state index in [1.54, 1.807) is 66.7 Å². The van der Waals surface area contributed by atoms with Crippen molar-refractivity contribution in [2.75, 3.05) is 14.2 Å². The molecule has 4 rings (SSSR count). The molecule has 0 saturated carbocycles. The largest absolute Gasteiger partial charge is 0.493 e. The molecule has 0 N–H and O–H groups in total. The molecule has 0 unspecified atom stereocenters. The van der Waals surface area contributed by atoms with Crippen LogP contribution in [0.15, 0.2) is 72.8 Å². The Bertz CT molecular complexity index is 1330. The van der Waals surface area contributed by atoms with E-state index >= 15 is 0 Å². The van der Waals surface area contributed by atoms with Gasteiger partial charge >= 0.3 is 0 Å². The third-order valence-corrected chi connectivity index (χ3v) is 5.47. The normalized spacial score (nSPS) is 10.7. The highest BCUT2D eigenvalue weighted by molar-refractivity contribution is 6.30. The van der Waals surface area contributed by atoms with E-state index in [9.17, 15) is 14.9 Å². The zero-order valence-corrected chi connectivity index (χ0v) is 18.1. The van der Waals surface area contributed by atoms with Crippen molar-refractivity contribution in [3.8, 4) is 22.6 Å². The molecule has 4 aromatic rings. The van der Waals surface area contributed by atoms with Crippen LogP contribution in [0, 0.1) is 10.1 Å². The van der Waals surface area contributed by atoms with Gasteiger partial charge < -0.3 is 9.47 Å². The Hall–Kier alpha value is -3.90. The third kappa shape index (κ3) is 3.76. The number of halogens is 1. The number of rotatable bonds is 6. The molecule has 4 aromatic carbocycles. The number of nitro benzene ring substituents is 1. The number of methoxy groups -OCH3 is 2. The minimum absolute atomic E-state index is 0.189. The third-order valence-electron chi connectivity index (χ3n) is 5.22. The molecule has 0 saturated heterocycles. The number of nitro groups is 1.